The predicted molar refractivity (Wildman–Crippen MR) is 70.9 cm³/mol. The van der Waals surface area contributed by atoms with E-state index in [1.54, 1.807) is 0 Å². The number of benzene rings is 1. The average molecular weight is 245 g/mol. The number of nitrogens with zero attached hydrogens (tertiary/aromatic N) is 1. The zero-order chi connectivity index (χ0) is 12.4. The molecule has 96 valence electrons. The van der Waals surface area contributed by atoms with Crippen LogP contribution in [0.3, 0.4) is 0 Å². The van der Waals surface area contributed by atoms with Crippen molar-refractivity contribution in [2.24, 2.45) is 4.99 Å². The van der Waals surface area contributed by atoms with Crippen molar-refractivity contribution in [3.63, 3.8) is 0 Å². The maximum atomic E-state index is 6.00. The van der Waals surface area contributed by atoms with E-state index in [1.807, 2.05) is 25.1 Å². The van der Waals surface area contributed by atoms with Crippen molar-refractivity contribution < 1.29 is 9.47 Å². The Hall–Kier alpha value is -1.35. The Morgan fingerprint density at radius 3 is 2.89 bits per heavy atom. The summed E-state index contributed by atoms with van der Waals surface area (Å²) in [6, 6.07) is 10.5. The minimum absolute atomic E-state index is 0.213. The van der Waals surface area contributed by atoms with Gasteiger partial charge in [0.2, 0.25) is 5.90 Å². The molecule has 1 saturated carbocycles. The summed E-state index contributed by atoms with van der Waals surface area (Å²) in [6.45, 7) is 2.84. The van der Waals surface area contributed by atoms with E-state index in [0.717, 1.165) is 37.3 Å². The highest BCUT2D eigenvalue weighted by molar-refractivity contribution is 5.95. The molecule has 0 aromatic heterocycles. The van der Waals surface area contributed by atoms with Gasteiger partial charge in [-0.05, 0) is 31.9 Å². The third-order valence-corrected chi connectivity index (χ3v) is 3.68. The molecule has 3 heteroatoms. The van der Waals surface area contributed by atoms with E-state index in [1.165, 1.54) is 0 Å². The lowest BCUT2D eigenvalue weighted by atomic mass is 9.91. The van der Waals surface area contributed by atoms with Crippen molar-refractivity contribution in [2.45, 2.75) is 44.4 Å². The molecule has 0 spiro atoms. The molecule has 0 bridgehead atoms. The maximum Gasteiger partial charge on any atom is 0.216 e. The fourth-order valence-electron chi connectivity index (χ4n) is 2.79. The van der Waals surface area contributed by atoms with Crippen molar-refractivity contribution in [3.8, 4) is 0 Å². The lowest BCUT2D eigenvalue weighted by Crippen LogP contribution is -2.35. The zero-order valence-corrected chi connectivity index (χ0v) is 10.7. The van der Waals surface area contributed by atoms with Crippen LogP contribution in [0.5, 0.6) is 0 Å². The number of rotatable bonds is 3. The highest BCUT2D eigenvalue weighted by Crippen LogP contribution is 2.31. The van der Waals surface area contributed by atoms with Gasteiger partial charge in [-0.1, -0.05) is 18.2 Å². The summed E-state index contributed by atoms with van der Waals surface area (Å²) in [5.41, 5.74) is 1.08. The smallest absolute Gasteiger partial charge is 0.216 e. The molecule has 0 radical (unpaired) electrons. The van der Waals surface area contributed by atoms with Gasteiger partial charge in [-0.15, -0.1) is 0 Å². The third kappa shape index (κ3) is 2.27. The van der Waals surface area contributed by atoms with Crippen LogP contribution in [0.15, 0.2) is 35.3 Å². The monoisotopic (exact) mass is 245 g/mol. The van der Waals surface area contributed by atoms with Gasteiger partial charge in [-0.3, -0.25) is 0 Å². The number of fused-ring (bicyclic) bond motifs is 1. The molecule has 0 N–H and O–H groups in total. The Kier molecular flexibility index (Phi) is 3.33. The maximum absolute atomic E-state index is 6.00. The van der Waals surface area contributed by atoms with Gasteiger partial charge < -0.3 is 9.47 Å². The van der Waals surface area contributed by atoms with Crippen LogP contribution >= 0.6 is 0 Å². The number of hydrogen-bond acceptors (Lipinski definition) is 3. The second-order valence-corrected chi connectivity index (χ2v) is 4.91. The van der Waals surface area contributed by atoms with Crippen LogP contribution in [-0.2, 0) is 9.47 Å². The third-order valence-electron chi connectivity index (χ3n) is 3.68. The molecule has 3 nitrogen and oxygen atoms in total. The molecule has 1 heterocycles. The predicted octanol–water partition coefficient (Wildman–Crippen LogP) is 2.79. The normalized spacial score (nSPS) is 30.5. The van der Waals surface area contributed by atoms with E-state index in [4.69, 9.17) is 14.5 Å². The fourth-order valence-corrected chi connectivity index (χ4v) is 2.79. The molecule has 18 heavy (non-hydrogen) atoms. The average Bonchev–Trinajstić information content (AvgIpc) is 2.83. The summed E-state index contributed by atoms with van der Waals surface area (Å²) in [6.07, 6.45) is 3.71. The Morgan fingerprint density at radius 1 is 1.28 bits per heavy atom. The second-order valence-electron chi connectivity index (χ2n) is 4.91. The Labute approximate surface area is 108 Å². The summed E-state index contributed by atoms with van der Waals surface area (Å²) >= 11 is 0. The van der Waals surface area contributed by atoms with Gasteiger partial charge in [0.05, 0.1) is 12.1 Å². The number of hydrogen-bond donors (Lipinski definition) is 0. The van der Waals surface area contributed by atoms with Crippen molar-refractivity contribution in [3.05, 3.63) is 35.9 Å². The molecular weight excluding hydrogens is 226 g/mol. The standard InChI is InChI=1S/C15H19NO2/c1-2-17-12-8-9-13-14(10-12)18-15(16-13)11-6-4-3-5-7-11/h3-7,12-14H,2,8-10H2,1H3. The summed E-state index contributed by atoms with van der Waals surface area (Å²) in [4.78, 5) is 4.71. The summed E-state index contributed by atoms with van der Waals surface area (Å²) < 4.78 is 11.7. The van der Waals surface area contributed by atoms with E-state index in [2.05, 4.69) is 12.1 Å². The first kappa shape index (κ1) is 11.7. The fraction of sp³-hybridized carbons (Fsp3) is 0.533. The molecule has 2 aliphatic rings. The highest BCUT2D eigenvalue weighted by Gasteiger charge is 2.37. The molecule has 0 saturated heterocycles. The lowest BCUT2D eigenvalue weighted by molar-refractivity contribution is -0.00372. The van der Waals surface area contributed by atoms with E-state index in [-0.39, 0.29) is 6.10 Å². The first-order valence-electron chi connectivity index (χ1n) is 6.78. The van der Waals surface area contributed by atoms with Crippen LogP contribution in [-0.4, -0.2) is 30.8 Å². The van der Waals surface area contributed by atoms with Gasteiger partial charge in [0.15, 0.2) is 0 Å². The molecule has 1 aromatic rings. The van der Waals surface area contributed by atoms with Gasteiger partial charge in [-0.2, -0.15) is 0 Å². The first-order chi connectivity index (χ1) is 8.86. The Balaban J connectivity index is 1.69. The molecule has 1 aliphatic heterocycles. The molecule has 3 unspecified atom stereocenters. The summed E-state index contributed by atoms with van der Waals surface area (Å²) in [7, 11) is 0. The summed E-state index contributed by atoms with van der Waals surface area (Å²) in [5.74, 6) is 0.808. The Morgan fingerprint density at radius 2 is 2.11 bits per heavy atom. The quantitative estimate of drug-likeness (QED) is 0.820. The minimum Gasteiger partial charge on any atom is -0.472 e. The molecule has 3 rings (SSSR count). The van der Waals surface area contributed by atoms with Crippen molar-refractivity contribution in [1.29, 1.82) is 0 Å². The van der Waals surface area contributed by atoms with Crippen LogP contribution in [0, 0.1) is 0 Å². The van der Waals surface area contributed by atoms with Crippen molar-refractivity contribution in [2.75, 3.05) is 6.61 Å². The van der Waals surface area contributed by atoms with E-state index in [9.17, 15) is 0 Å². The van der Waals surface area contributed by atoms with Crippen LogP contribution < -0.4 is 0 Å². The second kappa shape index (κ2) is 5.11. The topological polar surface area (TPSA) is 30.8 Å². The first-order valence-corrected chi connectivity index (χ1v) is 6.78. The van der Waals surface area contributed by atoms with E-state index in [0.29, 0.717) is 12.1 Å². The zero-order valence-electron chi connectivity index (χ0n) is 10.7. The highest BCUT2D eigenvalue weighted by atomic mass is 16.5. The molecule has 1 aliphatic carbocycles. The number of aliphatic imine (C=N–C) groups is 1. The largest absolute Gasteiger partial charge is 0.472 e. The van der Waals surface area contributed by atoms with Gasteiger partial charge in [0, 0.05) is 18.6 Å². The summed E-state index contributed by atoms with van der Waals surface area (Å²) in [5, 5.41) is 0. The van der Waals surface area contributed by atoms with Crippen LogP contribution in [0.1, 0.15) is 31.7 Å². The van der Waals surface area contributed by atoms with Gasteiger partial charge in [0.25, 0.3) is 0 Å². The van der Waals surface area contributed by atoms with Gasteiger partial charge in [-0.25, -0.2) is 4.99 Å². The lowest BCUT2D eigenvalue weighted by Gasteiger charge is -2.29. The van der Waals surface area contributed by atoms with Crippen LogP contribution in [0.25, 0.3) is 0 Å². The van der Waals surface area contributed by atoms with Crippen LogP contribution in [0.2, 0.25) is 0 Å². The molecule has 0 amide bonds. The van der Waals surface area contributed by atoms with E-state index >= 15 is 0 Å². The SMILES string of the molecule is CCOC1CCC2N=C(c3ccccc3)OC2C1. The molecule has 3 atom stereocenters. The van der Waals surface area contributed by atoms with Gasteiger partial charge >= 0.3 is 0 Å². The molecule has 1 fully saturated rings. The minimum atomic E-state index is 0.213. The molecular formula is C15H19NO2. The van der Waals surface area contributed by atoms with E-state index < -0.39 is 0 Å². The van der Waals surface area contributed by atoms with Gasteiger partial charge in [0.1, 0.15) is 6.10 Å². The van der Waals surface area contributed by atoms with Crippen LogP contribution in [0.4, 0.5) is 0 Å². The van der Waals surface area contributed by atoms with Crippen molar-refractivity contribution >= 4 is 5.90 Å². The van der Waals surface area contributed by atoms with Crippen molar-refractivity contribution in [1.82, 2.24) is 0 Å². The number of ether oxygens (including phenoxy) is 2. The Bertz CT molecular complexity index is 429. The molecule has 1 aromatic carbocycles.